The van der Waals surface area contributed by atoms with Crippen LogP contribution in [0.25, 0.3) is 11.1 Å². The number of nitrogens with one attached hydrogen (secondary N) is 1. The summed E-state index contributed by atoms with van der Waals surface area (Å²) in [5, 5.41) is 2.69. The molecule has 1 amide bonds. The van der Waals surface area contributed by atoms with Gasteiger partial charge in [0.25, 0.3) is 5.91 Å². The average molecular weight is 415 g/mol. The number of para-hydroxylation sites is 1. The van der Waals surface area contributed by atoms with Crippen LogP contribution >= 0.6 is 0 Å². The van der Waals surface area contributed by atoms with Crippen LogP contribution in [-0.4, -0.2) is 43.8 Å². The Kier molecular flexibility index (Phi) is 7.45. The van der Waals surface area contributed by atoms with E-state index in [2.05, 4.69) is 5.32 Å². The molecule has 7 heteroatoms. The Morgan fingerprint density at radius 3 is 2.30 bits per heavy atom. The molecule has 2 aromatic carbocycles. The topological polar surface area (TPSA) is 99.9 Å². The first-order valence-corrected chi connectivity index (χ1v) is 9.66. The summed E-state index contributed by atoms with van der Waals surface area (Å²) >= 11 is 0. The number of carbonyl (C=O) groups is 2. The number of rotatable bonds is 7. The molecular weight excluding hydrogens is 384 g/mol. The molecule has 0 heterocycles. The minimum Gasteiger partial charge on any atom is -0.496 e. The number of carbonyl (C=O) groups excluding carboxylic acids is 2. The van der Waals surface area contributed by atoms with Gasteiger partial charge in [-0.25, -0.2) is 4.79 Å². The Hall–Kier alpha value is -3.06. The monoisotopic (exact) mass is 414 g/mol. The molecule has 2 aromatic rings. The maximum atomic E-state index is 12.9. The van der Waals surface area contributed by atoms with E-state index in [1.807, 2.05) is 45.0 Å². The Bertz CT molecular complexity index is 905. The molecule has 0 bridgehead atoms. The molecular formula is C23H30N2O5. The summed E-state index contributed by atoms with van der Waals surface area (Å²) in [5.74, 6) is -0.379. The quantitative estimate of drug-likeness (QED) is 0.532. The smallest absolute Gasteiger partial charge is 0.331 e. The van der Waals surface area contributed by atoms with Gasteiger partial charge in [0.15, 0.2) is 6.04 Å². The fourth-order valence-corrected chi connectivity index (χ4v) is 3.16. The highest BCUT2D eigenvalue weighted by Gasteiger charge is 2.32. The van der Waals surface area contributed by atoms with Gasteiger partial charge in [0, 0.05) is 11.3 Å². The van der Waals surface area contributed by atoms with E-state index >= 15 is 0 Å². The zero-order valence-electron chi connectivity index (χ0n) is 18.3. The standard InChI is InChI=1S/C23H30N2O5/c1-14(30-23(2,3)4)20(22(27)29-6)25-21(26)17-12-11-15(13-18(17)24)16-9-7-8-10-19(16)28-5/h7-14,20H,24H2,1-6H3,(H,25,26)/t14-,20+/m1/s1. The van der Waals surface area contributed by atoms with Gasteiger partial charge in [0.05, 0.1) is 31.5 Å². The van der Waals surface area contributed by atoms with Crippen LogP contribution in [0.3, 0.4) is 0 Å². The van der Waals surface area contributed by atoms with Gasteiger partial charge in [-0.05, 0) is 51.5 Å². The first kappa shape index (κ1) is 23.2. The summed E-state index contributed by atoms with van der Waals surface area (Å²) in [6.07, 6.45) is -0.601. The number of hydrogen-bond donors (Lipinski definition) is 2. The van der Waals surface area contributed by atoms with Crippen LogP contribution in [0.15, 0.2) is 42.5 Å². The summed E-state index contributed by atoms with van der Waals surface area (Å²) in [7, 11) is 2.86. The van der Waals surface area contributed by atoms with Crippen molar-refractivity contribution in [1.82, 2.24) is 5.32 Å². The van der Waals surface area contributed by atoms with Crippen molar-refractivity contribution in [3.63, 3.8) is 0 Å². The normalized spacial score (nSPS) is 13.3. The number of benzene rings is 2. The van der Waals surface area contributed by atoms with Crippen LogP contribution in [0, 0.1) is 0 Å². The van der Waals surface area contributed by atoms with Crippen molar-refractivity contribution in [3.8, 4) is 16.9 Å². The summed E-state index contributed by atoms with van der Waals surface area (Å²) in [5.41, 5.74) is 7.88. The van der Waals surface area contributed by atoms with Crippen LogP contribution in [0.1, 0.15) is 38.1 Å². The fraction of sp³-hybridized carbons (Fsp3) is 0.391. The lowest BCUT2D eigenvalue weighted by atomic mass is 10.0. The highest BCUT2D eigenvalue weighted by Crippen LogP contribution is 2.31. The number of nitrogens with two attached hydrogens (primary N) is 1. The summed E-state index contributed by atoms with van der Waals surface area (Å²) < 4.78 is 16.1. The molecule has 0 unspecified atom stereocenters. The molecule has 0 aliphatic heterocycles. The molecule has 162 valence electrons. The molecule has 0 radical (unpaired) electrons. The van der Waals surface area contributed by atoms with E-state index < -0.39 is 29.6 Å². The van der Waals surface area contributed by atoms with Gasteiger partial charge >= 0.3 is 5.97 Å². The SMILES string of the molecule is COC(=O)[C@@H](NC(=O)c1ccc(-c2ccccc2OC)cc1N)[C@@H](C)OC(C)(C)C. The predicted octanol–water partition coefficient (Wildman–Crippen LogP) is 3.42. The number of ether oxygens (including phenoxy) is 3. The zero-order chi connectivity index (χ0) is 22.5. The third-order valence-electron chi connectivity index (χ3n) is 4.46. The van der Waals surface area contributed by atoms with E-state index in [-0.39, 0.29) is 11.3 Å². The molecule has 2 rings (SSSR count). The molecule has 30 heavy (non-hydrogen) atoms. The van der Waals surface area contributed by atoms with Crippen LogP contribution in [0.4, 0.5) is 5.69 Å². The van der Waals surface area contributed by atoms with Crippen molar-refractivity contribution in [2.75, 3.05) is 20.0 Å². The van der Waals surface area contributed by atoms with E-state index in [4.69, 9.17) is 19.9 Å². The Morgan fingerprint density at radius 2 is 1.73 bits per heavy atom. The van der Waals surface area contributed by atoms with Gasteiger partial charge < -0.3 is 25.3 Å². The highest BCUT2D eigenvalue weighted by molar-refractivity contribution is 6.01. The molecule has 0 saturated carbocycles. The van der Waals surface area contributed by atoms with Gasteiger partial charge in [0.2, 0.25) is 0 Å². The first-order chi connectivity index (χ1) is 14.1. The lowest BCUT2D eigenvalue weighted by molar-refractivity contribution is -0.150. The molecule has 7 nitrogen and oxygen atoms in total. The Morgan fingerprint density at radius 1 is 1.07 bits per heavy atom. The van der Waals surface area contributed by atoms with Gasteiger partial charge in [-0.1, -0.05) is 24.3 Å². The summed E-state index contributed by atoms with van der Waals surface area (Å²) in [6, 6.07) is 11.7. The fourth-order valence-electron chi connectivity index (χ4n) is 3.16. The lowest BCUT2D eigenvalue weighted by Gasteiger charge is -2.30. The van der Waals surface area contributed by atoms with Crippen LogP contribution in [0.5, 0.6) is 5.75 Å². The lowest BCUT2D eigenvalue weighted by Crippen LogP contribution is -2.51. The second kappa shape index (κ2) is 9.63. The van der Waals surface area contributed by atoms with E-state index in [0.717, 1.165) is 11.1 Å². The Balaban J connectivity index is 2.27. The number of esters is 1. The van der Waals surface area contributed by atoms with Crippen molar-refractivity contribution in [1.29, 1.82) is 0 Å². The van der Waals surface area contributed by atoms with E-state index in [0.29, 0.717) is 5.75 Å². The molecule has 0 aliphatic rings. The maximum absolute atomic E-state index is 12.9. The third-order valence-corrected chi connectivity index (χ3v) is 4.46. The molecule has 0 aromatic heterocycles. The van der Waals surface area contributed by atoms with Crippen LogP contribution in [0.2, 0.25) is 0 Å². The van der Waals surface area contributed by atoms with Crippen molar-refractivity contribution >= 4 is 17.6 Å². The second-order valence-electron chi connectivity index (χ2n) is 7.91. The predicted molar refractivity (Wildman–Crippen MR) is 116 cm³/mol. The number of anilines is 1. The number of hydrogen-bond acceptors (Lipinski definition) is 6. The zero-order valence-corrected chi connectivity index (χ0v) is 18.3. The number of methoxy groups -OCH3 is 2. The van der Waals surface area contributed by atoms with Gasteiger partial charge in [0.1, 0.15) is 5.75 Å². The highest BCUT2D eigenvalue weighted by atomic mass is 16.5. The van der Waals surface area contributed by atoms with Gasteiger partial charge in [-0.2, -0.15) is 0 Å². The minimum absolute atomic E-state index is 0.255. The molecule has 0 fully saturated rings. The van der Waals surface area contributed by atoms with Crippen LogP contribution in [-0.2, 0) is 14.3 Å². The maximum Gasteiger partial charge on any atom is 0.331 e. The van der Waals surface area contributed by atoms with Crippen molar-refractivity contribution in [2.24, 2.45) is 0 Å². The summed E-state index contributed by atoms with van der Waals surface area (Å²) in [4.78, 5) is 25.1. The van der Waals surface area contributed by atoms with E-state index in [9.17, 15) is 9.59 Å². The van der Waals surface area contributed by atoms with Crippen LogP contribution < -0.4 is 15.8 Å². The molecule has 0 aliphatic carbocycles. The number of amides is 1. The number of nitrogen functional groups attached to an aromatic ring is 1. The second-order valence-corrected chi connectivity index (χ2v) is 7.91. The van der Waals surface area contributed by atoms with Crippen molar-refractivity contribution in [2.45, 2.75) is 45.4 Å². The third kappa shape index (κ3) is 5.73. The van der Waals surface area contributed by atoms with Gasteiger partial charge in [-0.3, -0.25) is 4.79 Å². The van der Waals surface area contributed by atoms with Gasteiger partial charge in [-0.15, -0.1) is 0 Å². The van der Waals surface area contributed by atoms with Crippen molar-refractivity contribution in [3.05, 3.63) is 48.0 Å². The molecule has 3 N–H and O–H groups in total. The van der Waals surface area contributed by atoms with Crippen molar-refractivity contribution < 1.29 is 23.8 Å². The molecule has 0 saturated heterocycles. The summed E-state index contributed by atoms with van der Waals surface area (Å²) in [6.45, 7) is 7.32. The largest absolute Gasteiger partial charge is 0.496 e. The van der Waals surface area contributed by atoms with E-state index in [1.54, 1.807) is 32.2 Å². The minimum atomic E-state index is -0.977. The molecule has 2 atom stereocenters. The first-order valence-electron chi connectivity index (χ1n) is 9.66. The molecule has 0 spiro atoms. The average Bonchev–Trinajstić information content (AvgIpc) is 2.69. The van der Waals surface area contributed by atoms with E-state index in [1.165, 1.54) is 7.11 Å². The Labute approximate surface area is 177 Å².